The second-order valence-electron chi connectivity index (χ2n) is 5.65. The van der Waals surface area contributed by atoms with Crippen LogP contribution in [0, 0.1) is 0 Å². The van der Waals surface area contributed by atoms with Crippen molar-refractivity contribution in [2.75, 3.05) is 6.54 Å². The van der Waals surface area contributed by atoms with E-state index in [0.29, 0.717) is 19.0 Å². The van der Waals surface area contributed by atoms with Gasteiger partial charge >= 0.3 is 0 Å². The van der Waals surface area contributed by atoms with Gasteiger partial charge in [0.05, 0.1) is 11.8 Å². The zero-order valence-electron chi connectivity index (χ0n) is 12.9. The summed E-state index contributed by atoms with van der Waals surface area (Å²) in [4.78, 5) is 12.5. The average Bonchev–Trinajstić information content (AvgIpc) is 3.14. The Bertz CT molecular complexity index is 770. The smallest absolute Gasteiger partial charge is 0.253 e. The molecule has 0 spiro atoms. The Morgan fingerprint density at radius 2 is 2.05 bits per heavy atom. The summed E-state index contributed by atoms with van der Waals surface area (Å²) in [5.41, 5.74) is 1.82. The van der Waals surface area contributed by atoms with Crippen molar-refractivity contribution in [3.05, 3.63) is 60.2 Å². The van der Waals surface area contributed by atoms with Gasteiger partial charge in [0, 0.05) is 36.1 Å². The third kappa shape index (κ3) is 2.77. The van der Waals surface area contributed by atoms with E-state index in [1.807, 2.05) is 36.5 Å². The Labute approximate surface area is 129 Å². The second-order valence-corrected chi connectivity index (χ2v) is 5.65. The first-order valence-corrected chi connectivity index (χ1v) is 7.57. The maximum atomic E-state index is 12.5. The second kappa shape index (κ2) is 6.10. The topological polar surface area (TPSA) is 47.2 Å². The molecule has 0 aliphatic heterocycles. The fourth-order valence-corrected chi connectivity index (χ4v) is 2.66. The van der Waals surface area contributed by atoms with E-state index >= 15 is 0 Å². The van der Waals surface area contributed by atoms with E-state index in [0.717, 1.165) is 22.2 Å². The van der Waals surface area contributed by atoms with Gasteiger partial charge in [-0.3, -0.25) is 4.79 Å². The summed E-state index contributed by atoms with van der Waals surface area (Å²) < 4.78 is 7.41. The lowest BCUT2D eigenvalue weighted by Crippen LogP contribution is -2.25. The first kappa shape index (κ1) is 14.4. The van der Waals surface area contributed by atoms with Crippen LogP contribution in [0.15, 0.2) is 53.3 Å². The van der Waals surface area contributed by atoms with Crippen molar-refractivity contribution in [2.24, 2.45) is 0 Å². The van der Waals surface area contributed by atoms with Crippen LogP contribution < -0.4 is 5.32 Å². The van der Waals surface area contributed by atoms with Crippen LogP contribution in [0.3, 0.4) is 0 Å². The summed E-state index contributed by atoms with van der Waals surface area (Å²) in [6, 6.07) is 12.1. The first-order valence-electron chi connectivity index (χ1n) is 7.57. The molecule has 0 aliphatic rings. The van der Waals surface area contributed by atoms with Crippen LogP contribution in [0.2, 0.25) is 0 Å². The van der Waals surface area contributed by atoms with E-state index in [4.69, 9.17) is 4.42 Å². The van der Waals surface area contributed by atoms with E-state index in [2.05, 4.69) is 29.8 Å². The van der Waals surface area contributed by atoms with Crippen molar-refractivity contribution in [2.45, 2.75) is 26.3 Å². The Kier molecular flexibility index (Phi) is 4.00. The molecule has 1 N–H and O–H groups in total. The van der Waals surface area contributed by atoms with Crippen molar-refractivity contribution < 1.29 is 9.21 Å². The number of para-hydroxylation sites is 1. The van der Waals surface area contributed by atoms with Gasteiger partial charge in [-0.15, -0.1) is 0 Å². The highest BCUT2D eigenvalue weighted by molar-refractivity contribution is 6.07. The largest absolute Gasteiger partial charge is 0.469 e. The molecule has 1 amide bonds. The molecule has 0 radical (unpaired) electrons. The Morgan fingerprint density at radius 1 is 1.23 bits per heavy atom. The average molecular weight is 296 g/mol. The van der Waals surface area contributed by atoms with Crippen LogP contribution in [0.25, 0.3) is 10.9 Å². The molecule has 4 heteroatoms. The predicted octanol–water partition coefficient (Wildman–Crippen LogP) is 3.79. The Morgan fingerprint density at radius 3 is 2.77 bits per heavy atom. The van der Waals surface area contributed by atoms with Crippen LogP contribution in [0.1, 0.15) is 36.0 Å². The van der Waals surface area contributed by atoms with Crippen molar-refractivity contribution in [1.82, 2.24) is 9.88 Å². The Balaban J connectivity index is 1.78. The van der Waals surface area contributed by atoms with Crippen LogP contribution in [-0.2, 0) is 6.42 Å². The van der Waals surface area contributed by atoms with Gasteiger partial charge in [0.1, 0.15) is 5.76 Å². The van der Waals surface area contributed by atoms with E-state index in [1.165, 1.54) is 0 Å². The number of hydrogen-bond acceptors (Lipinski definition) is 2. The quantitative estimate of drug-likeness (QED) is 0.778. The first-order chi connectivity index (χ1) is 10.7. The molecule has 1 aromatic carbocycles. The maximum Gasteiger partial charge on any atom is 0.253 e. The molecule has 22 heavy (non-hydrogen) atoms. The third-order valence-electron chi connectivity index (χ3n) is 3.78. The molecule has 2 aromatic heterocycles. The molecule has 114 valence electrons. The number of hydrogen-bond donors (Lipinski definition) is 1. The van der Waals surface area contributed by atoms with Crippen LogP contribution >= 0.6 is 0 Å². The minimum atomic E-state index is -0.0397. The highest BCUT2D eigenvalue weighted by Gasteiger charge is 2.15. The maximum absolute atomic E-state index is 12.5. The fourth-order valence-electron chi connectivity index (χ4n) is 2.66. The van der Waals surface area contributed by atoms with Crippen LogP contribution in [0.5, 0.6) is 0 Å². The molecule has 0 aliphatic carbocycles. The third-order valence-corrected chi connectivity index (χ3v) is 3.78. The summed E-state index contributed by atoms with van der Waals surface area (Å²) in [6.45, 7) is 4.80. The van der Waals surface area contributed by atoms with E-state index < -0.39 is 0 Å². The minimum absolute atomic E-state index is 0.0397. The zero-order valence-corrected chi connectivity index (χ0v) is 12.9. The van der Waals surface area contributed by atoms with E-state index in [9.17, 15) is 4.79 Å². The number of benzene rings is 1. The molecule has 3 aromatic rings. The summed E-state index contributed by atoms with van der Waals surface area (Å²) in [5.74, 6) is 0.840. The standard InChI is InChI=1S/C18H20N2O2/c1-13(2)20-12-16(15-7-3-4-8-17(15)20)18(21)19-10-9-14-6-5-11-22-14/h3-8,11-13H,9-10H2,1-2H3,(H,19,21). The number of rotatable bonds is 5. The summed E-state index contributed by atoms with van der Waals surface area (Å²) in [7, 11) is 0. The van der Waals surface area contributed by atoms with E-state index in [1.54, 1.807) is 6.26 Å². The van der Waals surface area contributed by atoms with Gasteiger partial charge in [-0.25, -0.2) is 0 Å². The lowest BCUT2D eigenvalue weighted by molar-refractivity contribution is 0.0955. The number of nitrogens with zero attached hydrogens (tertiary/aromatic N) is 1. The molecule has 2 heterocycles. The van der Waals surface area contributed by atoms with Crippen molar-refractivity contribution in [1.29, 1.82) is 0 Å². The van der Waals surface area contributed by atoms with Gasteiger partial charge in [0.2, 0.25) is 0 Å². The van der Waals surface area contributed by atoms with Gasteiger partial charge < -0.3 is 14.3 Å². The molecule has 4 nitrogen and oxygen atoms in total. The van der Waals surface area contributed by atoms with Gasteiger partial charge in [0.15, 0.2) is 0 Å². The van der Waals surface area contributed by atoms with Crippen molar-refractivity contribution in [3.8, 4) is 0 Å². The number of fused-ring (bicyclic) bond motifs is 1. The molecular weight excluding hydrogens is 276 g/mol. The number of carbonyl (C=O) groups excluding carboxylic acids is 1. The molecule has 0 saturated heterocycles. The van der Waals surface area contributed by atoms with Gasteiger partial charge in [0.25, 0.3) is 5.91 Å². The molecule has 0 unspecified atom stereocenters. The number of carbonyl (C=O) groups is 1. The van der Waals surface area contributed by atoms with Crippen LogP contribution in [0.4, 0.5) is 0 Å². The Hall–Kier alpha value is -2.49. The summed E-state index contributed by atoms with van der Waals surface area (Å²) in [6.07, 6.45) is 4.28. The van der Waals surface area contributed by atoms with Crippen molar-refractivity contribution in [3.63, 3.8) is 0 Å². The molecule has 0 saturated carbocycles. The summed E-state index contributed by atoms with van der Waals surface area (Å²) >= 11 is 0. The van der Waals surface area contributed by atoms with Gasteiger partial charge in [-0.1, -0.05) is 18.2 Å². The normalized spacial score (nSPS) is 11.2. The molecule has 0 bridgehead atoms. The van der Waals surface area contributed by atoms with Crippen LogP contribution in [-0.4, -0.2) is 17.0 Å². The highest BCUT2D eigenvalue weighted by atomic mass is 16.3. The molecular formula is C18H20N2O2. The molecule has 0 atom stereocenters. The predicted molar refractivity (Wildman–Crippen MR) is 87.1 cm³/mol. The monoisotopic (exact) mass is 296 g/mol. The molecule has 3 rings (SSSR count). The minimum Gasteiger partial charge on any atom is -0.469 e. The lowest BCUT2D eigenvalue weighted by Gasteiger charge is -2.08. The number of nitrogens with one attached hydrogen (secondary N) is 1. The number of aromatic nitrogens is 1. The van der Waals surface area contributed by atoms with E-state index in [-0.39, 0.29) is 5.91 Å². The SMILES string of the molecule is CC(C)n1cc(C(=O)NCCc2ccco2)c2ccccc21. The number of furan rings is 1. The van der Waals surface area contributed by atoms with Gasteiger partial charge in [-0.2, -0.15) is 0 Å². The van der Waals surface area contributed by atoms with Crippen molar-refractivity contribution >= 4 is 16.8 Å². The number of amides is 1. The zero-order chi connectivity index (χ0) is 15.5. The molecule has 0 fully saturated rings. The van der Waals surface area contributed by atoms with Gasteiger partial charge in [-0.05, 0) is 32.0 Å². The highest BCUT2D eigenvalue weighted by Crippen LogP contribution is 2.24. The lowest BCUT2D eigenvalue weighted by atomic mass is 10.1. The fraction of sp³-hybridized carbons (Fsp3) is 0.278. The summed E-state index contributed by atoms with van der Waals surface area (Å²) in [5, 5.41) is 3.96.